The summed E-state index contributed by atoms with van der Waals surface area (Å²) in [5.41, 5.74) is 0. The van der Waals surface area contributed by atoms with Gasteiger partial charge in [0.2, 0.25) is 11.8 Å². The lowest BCUT2D eigenvalue weighted by Gasteiger charge is -2.18. The van der Waals surface area contributed by atoms with Gasteiger partial charge < -0.3 is 15.2 Å². The lowest BCUT2D eigenvalue weighted by Crippen LogP contribution is -2.43. The summed E-state index contributed by atoms with van der Waals surface area (Å²) in [5, 5.41) is 14.4. The minimum absolute atomic E-state index is 0.00774. The third kappa shape index (κ3) is 3.18. The number of aromatic nitrogens is 3. The Morgan fingerprint density at radius 1 is 1.18 bits per heavy atom. The molecule has 4 rings (SSSR count). The number of amides is 2. The first-order chi connectivity index (χ1) is 13.6. The van der Waals surface area contributed by atoms with Crippen LogP contribution >= 0.6 is 0 Å². The Kier molecular flexibility index (Phi) is 5.15. The summed E-state index contributed by atoms with van der Waals surface area (Å²) in [6.45, 7) is 6.76. The summed E-state index contributed by atoms with van der Waals surface area (Å²) in [6.07, 6.45) is 6.88. The topological polar surface area (TPSA) is 105 Å². The van der Waals surface area contributed by atoms with E-state index >= 15 is 0 Å². The number of hydrogen-bond acceptors (Lipinski definition) is 5. The van der Waals surface area contributed by atoms with Crippen LogP contribution in [0.1, 0.15) is 26.1 Å². The molecule has 1 saturated heterocycles. The van der Waals surface area contributed by atoms with Gasteiger partial charge in [-0.1, -0.05) is 12.2 Å². The molecule has 4 unspecified atom stereocenters. The SMILES string of the molecule is CCNC(=NCc1nncn1CC)NCCN1C(=O)C2C3C=CC(C3)C2C1=O. The van der Waals surface area contributed by atoms with E-state index in [0.717, 1.165) is 18.8 Å². The van der Waals surface area contributed by atoms with Crippen LogP contribution in [0.25, 0.3) is 0 Å². The predicted molar refractivity (Wildman–Crippen MR) is 103 cm³/mol. The van der Waals surface area contributed by atoms with Gasteiger partial charge in [0, 0.05) is 26.2 Å². The number of carbonyl (C=O) groups is 2. The fourth-order valence-electron chi connectivity index (χ4n) is 4.63. The number of hydrogen-bond donors (Lipinski definition) is 2. The van der Waals surface area contributed by atoms with Gasteiger partial charge in [0.15, 0.2) is 11.8 Å². The molecule has 9 nitrogen and oxygen atoms in total. The maximum atomic E-state index is 12.7. The van der Waals surface area contributed by atoms with Gasteiger partial charge in [-0.05, 0) is 32.1 Å². The maximum Gasteiger partial charge on any atom is 0.233 e. The van der Waals surface area contributed by atoms with E-state index in [-0.39, 0.29) is 35.5 Å². The van der Waals surface area contributed by atoms with Crippen molar-refractivity contribution >= 4 is 17.8 Å². The molecule has 1 aromatic rings. The second-order valence-electron chi connectivity index (χ2n) is 7.48. The largest absolute Gasteiger partial charge is 0.357 e. The molecule has 3 aliphatic rings. The van der Waals surface area contributed by atoms with E-state index in [9.17, 15) is 9.59 Å². The molecule has 2 aliphatic carbocycles. The third-order valence-corrected chi connectivity index (χ3v) is 5.95. The van der Waals surface area contributed by atoms with Crippen LogP contribution in [-0.4, -0.2) is 57.1 Å². The first-order valence-electron chi connectivity index (χ1n) is 10.1. The molecule has 2 heterocycles. The standard InChI is InChI=1S/C19H27N7O2/c1-3-20-19(22-10-14-24-23-11-25(14)4-2)21-7-8-26-17(27)15-12-5-6-13(9-12)16(15)18(26)28/h5-6,11-13,15-16H,3-4,7-10H2,1-2H3,(H2,20,21,22). The zero-order valence-electron chi connectivity index (χ0n) is 16.3. The molecule has 2 fully saturated rings. The zero-order valence-corrected chi connectivity index (χ0v) is 16.3. The highest BCUT2D eigenvalue weighted by atomic mass is 16.2. The van der Waals surface area contributed by atoms with E-state index in [1.165, 1.54) is 4.90 Å². The van der Waals surface area contributed by atoms with Crippen LogP contribution in [0.2, 0.25) is 0 Å². The lowest BCUT2D eigenvalue weighted by atomic mass is 9.85. The molecule has 150 valence electrons. The quantitative estimate of drug-likeness (QED) is 0.300. The molecule has 9 heteroatoms. The van der Waals surface area contributed by atoms with Crippen molar-refractivity contribution in [3.8, 4) is 0 Å². The number of carbonyl (C=O) groups excluding carboxylic acids is 2. The second kappa shape index (κ2) is 7.73. The third-order valence-electron chi connectivity index (χ3n) is 5.95. The zero-order chi connectivity index (χ0) is 19.7. The number of rotatable bonds is 7. The van der Waals surface area contributed by atoms with Crippen molar-refractivity contribution in [1.82, 2.24) is 30.3 Å². The molecule has 2 N–H and O–H groups in total. The van der Waals surface area contributed by atoms with E-state index in [1.807, 2.05) is 18.4 Å². The van der Waals surface area contributed by atoms with Gasteiger partial charge in [0.25, 0.3) is 0 Å². The molecule has 1 saturated carbocycles. The van der Waals surface area contributed by atoms with Crippen LogP contribution in [0.15, 0.2) is 23.5 Å². The fraction of sp³-hybridized carbons (Fsp3) is 0.632. The minimum Gasteiger partial charge on any atom is -0.357 e. The molecule has 2 bridgehead atoms. The molecule has 0 spiro atoms. The highest BCUT2D eigenvalue weighted by Crippen LogP contribution is 2.52. The molecule has 28 heavy (non-hydrogen) atoms. The average molecular weight is 385 g/mol. The summed E-state index contributed by atoms with van der Waals surface area (Å²) in [5.74, 6) is 1.64. The van der Waals surface area contributed by atoms with Crippen molar-refractivity contribution < 1.29 is 9.59 Å². The van der Waals surface area contributed by atoms with Crippen LogP contribution in [0.4, 0.5) is 0 Å². The van der Waals surface area contributed by atoms with Gasteiger partial charge in [-0.2, -0.15) is 0 Å². The summed E-state index contributed by atoms with van der Waals surface area (Å²) >= 11 is 0. The van der Waals surface area contributed by atoms with Gasteiger partial charge in [-0.3, -0.25) is 14.5 Å². The van der Waals surface area contributed by atoms with Gasteiger partial charge in [0.05, 0.1) is 11.8 Å². The Morgan fingerprint density at radius 3 is 2.54 bits per heavy atom. The molecule has 1 aliphatic heterocycles. The lowest BCUT2D eigenvalue weighted by molar-refractivity contribution is -0.140. The molecule has 0 radical (unpaired) electrons. The van der Waals surface area contributed by atoms with Crippen LogP contribution < -0.4 is 10.6 Å². The van der Waals surface area contributed by atoms with Crippen LogP contribution in [0.3, 0.4) is 0 Å². The summed E-state index contributed by atoms with van der Waals surface area (Å²) in [4.78, 5) is 31.4. The smallest absolute Gasteiger partial charge is 0.233 e. The Hall–Kier alpha value is -2.71. The monoisotopic (exact) mass is 385 g/mol. The van der Waals surface area contributed by atoms with Crippen molar-refractivity contribution in [2.24, 2.45) is 28.7 Å². The molecule has 1 aromatic heterocycles. The molecule has 2 amide bonds. The number of aliphatic imine (C=N–C) groups is 1. The van der Waals surface area contributed by atoms with E-state index in [0.29, 0.717) is 32.1 Å². The van der Waals surface area contributed by atoms with Gasteiger partial charge >= 0.3 is 0 Å². The van der Waals surface area contributed by atoms with Crippen molar-refractivity contribution in [1.29, 1.82) is 0 Å². The molecule has 4 atom stereocenters. The van der Waals surface area contributed by atoms with Crippen molar-refractivity contribution in [2.75, 3.05) is 19.6 Å². The Bertz CT molecular complexity index is 785. The Morgan fingerprint density at radius 2 is 1.89 bits per heavy atom. The number of aryl methyl sites for hydroxylation is 1. The first-order valence-corrected chi connectivity index (χ1v) is 10.1. The van der Waals surface area contributed by atoms with Crippen molar-refractivity contribution in [3.63, 3.8) is 0 Å². The number of likely N-dealkylation sites (tertiary alicyclic amines) is 1. The van der Waals surface area contributed by atoms with E-state index in [2.05, 4.69) is 38.0 Å². The Labute approximate surface area is 164 Å². The summed E-state index contributed by atoms with van der Waals surface area (Å²) < 4.78 is 1.94. The highest BCUT2D eigenvalue weighted by molar-refractivity contribution is 6.06. The van der Waals surface area contributed by atoms with Crippen LogP contribution in [-0.2, 0) is 22.7 Å². The summed E-state index contributed by atoms with van der Waals surface area (Å²) in [6, 6.07) is 0. The first kappa shape index (κ1) is 18.6. The van der Waals surface area contributed by atoms with E-state index in [4.69, 9.17) is 0 Å². The average Bonchev–Trinajstić information content (AvgIpc) is 3.46. The number of nitrogens with one attached hydrogen (secondary N) is 2. The molecular formula is C19H27N7O2. The van der Waals surface area contributed by atoms with E-state index in [1.54, 1.807) is 6.33 Å². The van der Waals surface area contributed by atoms with Gasteiger partial charge in [0.1, 0.15) is 12.9 Å². The fourth-order valence-corrected chi connectivity index (χ4v) is 4.63. The molecule has 0 aromatic carbocycles. The summed E-state index contributed by atoms with van der Waals surface area (Å²) in [7, 11) is 0. The number of nitrogens with zero attached hydrogens (tertiary/aromatic N) is 5. The van der Waals surface area contributed by atoms with E-state index < -0.39 is 0 Å². The number of allylic oxidation sites excluding steroid dienone is 2. The Balaban J connectivity index is 1.33. The molecular weight excluding hydrogens is 358 g/mol. The maximum absolute atomic E-state index is 12.7. The van der Waals surface area contributed by atoms with Crippen LogP contribution in [0, 0.1) is 23.7 Å². The van der Waals surface area contributed by atoms with Gasteiger partial charge in [-0.15, -0.1) is 10.2 Å². The predicted octanol–water partition coefficient (Wildman–Crippen LogP) is 0.160. The normalized spacial score (nSPS) is 28.4. The van der Waals surface area contributed by atoms with Crippen LogP contribution in [0.5, 0.6) is 0 Å². The highest BCUT2D eigenvalue weighted by Gasteiger charge is 2.58. The number of guanidine groups is 1. The van der Waals surface area contributed by atoms with Crippen molar-refractivity contribution in [3.05, 3.63) is 24.3 Å². The number of fused-ring (bicyclic) bond motifs is 5. The van der Waals surface area contributed by atoms with Crippen molar-refractivity contribution in [2.45, 2.75) is 33.4 Å². The van der Waals surface area contributed by atoms with Gasteiger partial charge in [-0.25, -0.2) is 4.99 Å². The minimum atomic E-state index is -0.134. The second-order valence-corrected chi connectivity index (χ2v) is 7.48. The number of imide groups is 1.